The maximum absolute atomic E-state index is 12.2. The number of halogens is 1. The zero-order chi connectivity index (χ0) is 15.4. The number of carbonyl (C=O) groups is 1. The Morgan fingerprint density at radius 2 is 2.19 bits per heavy atom. The third-order valence-corrected chi connectivity index (χ3v) is 4.35. The molecule has 0 spiro atoms. The summed E-state index contributed by atoms with van der Waals surface area (Å²) >= 11 is 7.71. The summed E-state index contributed by atoms with van der Waals surface area (Å²) in [5.41, 5.74) is 1.36. The Morgan fingerprint density at radius 3 is 2.81 bits per heavy atom. The fourth-order valence-corrected chi connectivity index (χ4v) is 2.84. The smallest absolute Gasteiger partial charge is 0.255 e. The summed E-state index contributed by atoms with van der Waals surface area (Å²) in [5, 5.41) is 5.00. The molecule has 21 heavy (non-hydrogen) atoms. The van der Waals surface area contributed by atoms with Crippen LogP contribution in [-0.4, -0.2) is 29.9 Å². The molecular weight excluding hydrogens is 306 g/mol. The largest absolute Gasteiger partial charge is 0.379 e. The predicted molar refractivity (Wildman–Crippen MR) is 88.3 cm³/mol. The van der Waals surface area contributed by atoms with Crippen LogP contribution in [0.1, 0.15) is 27.2 Å². The van der Waals surface area contributed by atoms with Crippen molar-refractivity contribution in [2.24, 2.45) is 0 Å². The number of aryl methyl sites for hydroxylation is 1. The maximum atomic E-state index is 12.2. The molecule has 0 aliphatic rings. The van der Waals surface area contributed by atoms with Gasteiger partial charge in [-0.2, -0.15) is 0 Å². The van der Waals surface area contributed by atoms with Crippen LogP contribution in [0.25, 0.3) is 0 Å². The molecular formula is C15H18ClN3OS. The van der Waals surface area contributed by atoms with Crippen molar-refractivity contribution in [3.63, 3.8) is 0 Å². The van der Waals surface area contributed by atoms with E-state index in [0.717, 1.165) is 22.0 Å². The number of nitrogens with zero attached hydrogens (tertiary/aromatic N) is 2. The standard InChI is InChI=1S/C15H18ClN3OS/c1-4-14-18-9-11(21-14)8-17-13-7-10(16)5-6-12(13)15(20)19(2)3/h5-7,9,17H,4,8H2,1-3H3. The number of hydrogen-bond donors (Lipinski definition) is 1. The lowest BCUT2D eigenvalue weighted by atomic mass is 10.1. The monoisotopic (exact) mass is 323 g/mol. The second-order valence-electron chi connectivity index (χ2n) is 4.82. The van der Waals surface area contributed by atoms with Crippen LogP contribution in [-0.2, 0) is 13.0 Å². The van der Waals surface area contributed by atoms with Gasteiger partial charge in [-0.1, -0.05) is 18.5 Å². The van der Waals surface area contributed by atoms with Gasteiger partial charge < -0.3 is 10.2 Å². The van der Waals surface area contributed by atoms with E-state index in [1.54, 1.807) is 48.5 Å². The quantitative estimate of drug-likeness (QED) is 0.913. The van der Waals surface area contributed by atoms with Crippen molar-refractivity contribution < 1.29 is 4.79 Å². The second-order valence-corrected chi connectivity index (χ2v) is 6.45. The molecule has 4 nitrogen and oxygen atoms in total. The summed E-state index contributed by atoms with van der Waals surface area (Å²) < 4.78 is 0. The van der Waals surface area contributed by atoms with Gasteiger partial charge >= 0.3 is 0 Å². The van der Waals surface area contributed by atoms with E-state index in [1.165, 1.54) is 0 Å². The van der Waals surface area contributed by atoms with Crippen molar-refractivity contribution >= 4 is 34.5 Å². The normalized spacial score (nSPS) is 10.5. The highest BCUT2D eigenvalue weighted by Gasteiger charge is 2.14. The Morgan fingerprint density at radius 1 is 1.43 bits per heavy atom. The lowest BCUT2D eigenvalue weighted by Crippen LogP contribution is -2.22. The number of carbonyl (C=O) groups excluding carboxylic acids is 1. The van der Waals surface area contributed by atoms with Crippen molar-refractivity contribution in [2.75, 3.05) is 19.4 Å². The van der Waals surface area contributed by atoms with E-state index in [1.807, 2.05) is 6.20 Å². The van der Waals surface area contributed by atoms with Gasteiger partial charge in [0.15, 0.2) is 0 Å². The van der Waals surface area contributed by atoms with E-state index in [9.17, 15) is 4.79 Å². The fraction of sp³-hybridized carbons (Fsp3) is 0.333. The first-order valence-electron chi connectivity index (χ1n) is 6.70. The molecule has 1 N–H and O–H groups in total. The number of benzene rings is 1. The van der Waals surface area contributed by atoms with Gasteiger partial charge in [0.2, 0.25) is 0 Å². The minimum Gasteiger partial charge on any atom is -0.379 e. The third kappa shape index (κ3) is 3.95. The van der Waals surface area contributed by atoms with E-state index < -0.39 is 0 Å². The number of nitrogens with one attached hydrogen (secondary N) is 1. The minimum absolute atomic E-state index is 0.0484. The number of rotatable bonds is 5. The predicted octanol–water partition coefficient (Wildman–Crippen LogP) is 3.67. The van der Waals surface area contributed by atoms with Crippen LogP contribution in [0.3, 0.4) is 0 Å². The van der Waals surface area contributed by atoms with Crippen molar-refractivity contribution in [3.8, 4) is 0 Å². The SMILES string of the molecule is CCc1ncc(CNc2cc(Cl)ccc2C(=O)N(C)C)s1. The van der Waals surface area contributed by atoms with Crippen LogP contribution in [0.2, 0.25) is 5.02 Å². The van der Waals surface area contributed by atoms with E-state index in [4.69, 9.17) is 11.6 Å². The molecule has 2 rings (SSSR count). The van der Waals surface area contributed by atoms with Gasteiger partial charge in [-0.15, -0.1) is 11.3 Å². The van der Waals surface area contributed by atoms with E-state index in [0.29, 0.717) is 17.1 Å². The summed E-state index contributed by atoms with van der Waals surface area (Å²) in [6.07, 6.45) is 2.81. The zero-order valence-corrected chi connectivity index (χ0v) is 13.9. The van der Waals surface area contributed by atoms with Crippen molar-refractivity contribution in [2.45, 2.75) is 19.9 Å². The average Bonchev–Trinajstić information content (AvgIpc) is 2.92. The fourth-order valence-electron chi connectivity index (χ4n) is 1.87. The average molecular weight is 324 g/mol. The molecule has 0 saturated heterocycles. The summed E-state index contributed by atoms with van der Waals surface area (Å²) in [5.74, 6) is -0.0484. The van der Waals surface area contributed by atoms with Crippen LogP contribution in [0.4, 0.5) is 5.69 Å². The van der Waals surface area contributed by atoms with E-state index in [2.05, 4.69) is 17.2 Å². The molecule has 0 saturated carbocycles. The van der Waals surface area contributed by atoms with Gasteiger partial charge in [0.05, 0.1) is 17.1 Å². The van der Waals surface area contributed by atoms with E-state index >= 15 is 0 Å². The highest BCUT2D eigenvalue weighted by atomic mass is 35.5. The van der Waals surface area contributed by atoms with Crippen molar-refractivity contribution in [1.29, 1.82) is 0 Å². The van der Waals surface area contributed by atoms with Gasteiger partial charge in [-0.25, -0.2) is 4.98 Å². The Labute approximate surface area is 133 Å². The summed E-state index contributed by atoms with van der Waals surface area (Å²) in [4.78, 5) is 19.2. The molecule has 2 aromatic rings. The minimum atomic E-state index is -0.0484. The van der Waals surface area contributed by atoms with Crippen molar-refractivity contribution in [3.05, 3.63) is 44.9 Å². The molecule has 0 bridgehead atoms. The number of thiazole rings is 1. The first-order valence-corrected chi connectivity index (χ1v) is 7.89. The molecule has 1 amide bonds. The number of aromatic nitrogens is 1. The number of anilines is 1. The lowest BCUT2D eigenvalue weighted by molar-refractivity contribution is 0.0828. The highest BCUT2D eigenvalue weighted by molar-refractivity contribution is 7.11. The van der Waals surface area contributed by atoms with Gasteiger partial charge in [0.1, 0.15) is 0 Å². The number of hydrogen-bond acceptors (Lipinski definition) is 4. The van der Waals surface area contributed by atoms with Crippen LogP contribution >= 0.6 is 22.9 Å². The van der Waals surface area contributed by atoms with Crippen LogP contribution in [0.5, 0.6) is 0 Å². The molecule has 0 atom stereocenters. The van der Waals surface area contributed by atoms with Crippen molar-refractivity contribution in [1.82, 2.24) is 9.88 Å². The highest BCUT2D eigenvalue weighted by Crippen LogP contribution is 2.23. The zero-order valence-electron chi connectivity index (χ0n) is 12.3. The molecule has 0 aliphatic heterocycles. The molecule has 6 heteroatoms. The first-order chi connectivity index (χ1) is 10.0. The third-order valence-electron chi connectivity index (χ3n) is 2.98. The molecule has 0 unspecified atom stereocenters. The van der Waals surface area contributed by atoms with Crippen LogP contribution < -0.4 is 5.32 Å². The maximum Gasteiger partial charge on any atom is 0.255 e. The molecule has 112 valence electrons. The molecule has 1 aromatic heterocycles. The molecule has 0 radical (unpaired) electrons. The Hall–Kier alpha value is -1.59. The first kappa shape index (κ1) is 15.8. The van der Waals surface area contributed by atoms with Crippen LogP contribution in [0.15, 0.2) is 24.4 Å². The van der Waals surface area contributed by atoms with Gasteiger partial charge in [0, 0.05) is 35.9 Å². The Balaban J connectivity index is 2.18. The van der Waals surface area contributed by atoms with Gasteiger partial charge in [0.25, 0.3) is 5.91 Å². The van der Waals surface area contributed by atoms with Gasteiger partial charge in [-0.3, -0.25) is 4.79 Å². The summed E-state index contributed by atoms with van der Waals surface area (Å²) in [6, 6.07) is 5.25. The topological polar surface area (TPSA) is 45.2 Å². The Kier molecular flexibility index (Phi) is 5.20. The van der Waals surface area contributed by atoms with Gasteiger partial charge in [-0.05, 0) is 24.6 Å². The van der Waals surface area contributed by atoms with Crippen LogP contribution in [0, 0.1) is 0 Å². The second kappa shape index (κ2) is 6.91. The molecule has 0 fully saturated rings. The Bertz CT molecular complexity index is 640. The lowest BCUT2D eigenvalue weighted by Gasteiger charge is -2.15. The molecule has 0 aliphatic carbocycles. The summed E-state index contributed by atoms with van der Waals surface area (Å²) in [6.45, 7) is 2.71. The molecule has 1 heterocycles. The summed E-state index contributed by atoms with van der Waals surface area (Å²) in [7, 11) is 3.47. The molecule has 1 aromatic carbocycles. The van der Waals surface area contributed by atoms with E-state index in [-0.39, 0.29) is 5.91 Å². The number of amides is 1.